The lowest BCUT2D eigenvalue weighted by Gasteiger charge is -2.28. The van der Waals surface area contributed by atoms with E-state index in [0.29, 0.717) is 6.04 Å². The van der Waals surface area contributed by atoms with Gasteiger partial charge in [0, 0.05) is 12.6 Å². The van der Waals surface area contributed by atoms with E-state index >= 15 is 0 Å². The van der Waals surface area contributed by atoms with Gasteiger partial charge in [-0.05, 0) is 52.1 Å². The highest BCUT2D eigenvalue weighted by molar-refractivity contribution is 5.27. The van der Waals surface area contributed by atoms with Gasteiger partial charge in [-0.15, -0.1) is 0 Å². The van der Waals surface area contributed by atoms with Crippen molar-refractivity contribution in [3.05, 3.63) is 35.4 Å². The Bertz CT molecular complexity index is 402. The fourth-order valence-electron chi connectivity index (χ4n) is 2.88. The van der Waals surface area contributed by atoms with E-state index in [1.807, 2.05) is 6.07 Å². The molecule has 1 saturated heterocycles. The summed E-state index contributed by atoms with van der Waals surface area (Å²) in [5, 5.41) is 10.9. The van der Waals surface area contributed by atoms with E-state index < -0.39 is 5.60 Å². The third-order valence-electron chi connectivity index (χ3n) is 4.13. The van der Waals surface area contributed by atoms with Gasteiger partial charge in [-0.3, -0.25) is 0 Å². The van der Waals surface area contributed by atoms with Crippen LogP contribution in [0.5, 0.6) is 0 Å². The van der Waals surface area contributed by atoms with E-state index in [-0.39, 0.29) is 0 Å². The third kappa shape index (κ3) is 2.93. The molecule has 1 unspecified atom stereocenters. The van der Waals surface area contributed by atoms with Gasteiger partial charge in [0.25, 0.3) is 0 Å². The molecule has 2 nitrogen and oxygen atoms in total. The fraction of sp³-hybridized carbons (Fsp3) is 0.625. The van der Waals surface area contributed by atoms with Gasteiger partial charge in [0.15, 0.2) is 0 Å². The van der Waals surface area contributed by atoms with E-state index in [2.05, 4.69) is 43.9 Å². The van der Waals surface area contributed by atoms with Crippen LogP contribution >= 0.6 is 0 Å². The van der Waals surface area contributed by atoms with Crippen molar-refractivity contribution in [3.8, 4) is 0 Å². The quantitative estimate of drug-likeness (QED) is 0.868. The first-order valence-electron chi connectivity index (χ1n) is 7.05. The molecule has 1 aromatic carbocycles. The molecule has 1 N–H and O–H groups in total. The summed E-state index contributed by atoms with van der Waals surface area (Å²) in [6.07, 6.45) is 2.79. The highest BCUT2D eigenvalue weighted by atomic mass is 16.3. The lowest BCUT2D eigenvalue weighted by atomic mass is 9.86. The van der Waals surface area contributed by atoms with Crippen molar-refractivity contribution in [1.82, 2.24) is 4.90 Å². The Hall–Kier alpha value is -0.860. The van der Waals surface area contributed by atoms with E-state index in [4.69, 9.17) is 0 Å². The maximum Gasteiger partial charge on any atom is 0.0909 e. The predicted octanol–water partition coefficient (Wildman–Crippen LogP) is 3.08. The molecule has 0 saturated carbocycles. The van der Waals surface area contributed by atoms with Crippen molar-refractivity contribution in [1.29, 1.82) is 0 Å². The standard InChI is InChI=1S/C16H25NO/c1-13(2)17-10-5-8-16(18,9-11-17)15-7-4-6-14(3)12-15/h4,6-7,12-13,18H,5,8-11H2,1-3H3. The molecule has 18 heavy (non-hydrogen) atoms. The zero-order chi connectivity index (χ0) is 13.2. The van der Waals surface area contributed by atoms with Crippen LogP contribution in [-0.4, -0.2) is 29.1 Å². The average Bonchev–Trinajstić information content (AvgIpc) is 2.52. The Morgan fingerprint density at radius 3 is 2.67 bits per heavy atom. The van der Waals surface area contributed by atoms with Crippen LogP contribution in [0, 0.1) is 6.92 Å². The van der Waals surface area contributed by atoms with Crippen LogP contribution in [0.4, 0.5) is 0 Å². The Morgan fingerprint density at radius 1 is 1.22 bits per heavy atom. The number of aliphatic hydroxyl groups is 1. The number of rotatable bonds is 2. The summed E-state index contributed by atoms with van der Waals surface area (Å²) in [6, 6.07) is 8.91. The summed E-state index contributed by atoms with van der Waals surface area (Å²) in [4.78, 5) is 2.47. The van der Waals surface area contributed by atoms with Crippen LogP contribution in [0.3, 0.4) is 0 Å². The summed E-state index contributed by atoms with van der Waals surface area (Å²) >= 11 is 0. The van der Waals surface area contributed by atoms with Gasteiger partial charge in [-0.1, -0.05) is 29.8 Å². The number of likely N-dealkylation sites (tertiary alicyclic amines) is 1. The minimum atomic E-state index is -0.629. The fourth-order valence-corrected chi connectivity index (χ4v) is 2.88. The molecular weight excluding hydrogens is 222 g/mol. The van der Waals surface area contributed by atoms with Gasteiger partial charge in [-0.25, -0.2) is 0 Å². The van der Waals surface area contributed by atoms with Gasteiger partial charge in [-0.2, -0.15) is 0 Å². The van der Waals surface area contributed by atoms with Gasteiger partial charge < -0.3 is 10.0 Å². The summed E-state index contributed by atoms with van der Waals surface area (Å²) in [7, 11) is 0. The Labute approximate surface area is 111 Å². The molecule has 2 rings (SSSR count). The molecule has 1 atom stereocenters. The predicted molar refractivity (Wildman–Crippen MR) is 75.6 cm³/mol. The highest BCUT2D eigenvalue weighted by Crippen LogP contribution is 2.33. The van der Waals surface area contributed by atoms with Crippen LogP contribution < -0.4 is 0 Å². The van der Waals surface area contributed by atoms with E-state index in [1.54, 1.807) is 0 Å². The van der Waals surface area contributed by atoms with Crippen molar-refractivity contribution in [2.24, 2.45) is 0 Å². The number of aryl methyl sites for hydroxylation is 1. The first-order valence-corrected chi connectivity index (χ1v) is 7.05. The molecular formula is C16H25NO. The van der Waals surface area contributed by atoms with Gasteiger partial charge in [0.05, 0.1) is 5.60 Å². The minimum Gasteiger partial charge on any atom is -0.385 e. The molecule has 1 heterocycles. The number of hydrogen-bond acceptors (Lipinski definition) is 2. The number of nitrogens with zero attached hydrogens (tertiary/aromatic N) is 1. The number of benzene rings is 1. The van der Waals surface area contributed by atoms with Gasteiger partial charge in [0.1, 0.15) is 0 Å². The lowest BCUT2D eigenvalue weighted by Crippen LogP contribution is -2.33. The third-order valence-corrected chi connectivity index (χ3v) is 4.13. The molecule has 2 heteroatoms. The Balaban J connectivity index is 2.16. The van der Waals surface area contributed by atoms with E-state index in [1.165, 1.54) is 5.56 Å². The van der Waals surface area contributed by atoms with Crippen LogP contribution in [0.2, 0.25) is 0 Å². The first kappa shape index (κ1) is 13.6. The topological polar surface area (TPSA) is 23.5 Å². The van der Waals surface area contributed by atoms with Crippen LogP contribution in [0.1, 0.15) is 44.2 Å². The zero-order valence-electron chi connectivity index (χ0n) is 11.8. The number of hydrogen-bond donors (Lipinski definition) is 1. The molecule has 1 aliphatic heterocycles. The van der Waals surface area contributed by atoms with Crippen molar-refractivity contribution >= 4 is 0 Å². The van der Waals surface area contributed by atoms with Crippen LogP contribution in [0.15, 0.2) is 24.3 Å². The van der Waals surface area contributed by atoms with Crippen molar-refractivity contribution in [3.63, 3.8) is 0 Å². The first-order chi connectivity index (χ1) is 8.51. The maximum atomic E-state index is 10.9. The largest absolute Gasteiger partial charge is 0.385 e. The van der Waals surface area contributed by atoms with Gasteiger partial charge >= 0.3 is 0 Å². The Kier molecular flexibility index (Phi) is 4.08. The summed E-state index contributed by atoms with van der Waals surface area (Å²) in [6.45, 7) is 8.64. The molecule has 0 spiro atoms. The van der Waals surface area contributed by atoms with Crippen LogP contribution in [-0.2, 0) is 5.60 Å². The average molecular weight is 247 g/mol. The molecule has 1 fully saturated rings. The second-order valence-corrected chi connectivity index (χ2v) is 5.88. The van der Waals surface area contributed by atoms with Crippen molar-refractivity contribution in [2.45, 2.75) is 51.7 Å². The van der Waals surface area contributed by atoms with E-state index in [9.17, 15) is 5.11 Å². The summed E-state index contributed by atoms with van der Waals surface area (Å²) in [5.74, 6) is 0. The molecule has 0 radical (unpaired) electrons. The second-order valence-electron chi connectivity index (χ2n) is 5.88. The second kappa shape index (κ2) is 5.41. The summed E-state index contributed by atoms with van der Waals surface area (Å²) in [5.41, 5.74) is 1.69. The lowest BCUT2D eigenvalue weighted by molar-refractivity contribution is 0.0203. The monoisotopic (exact) mass is 247 g/mol. The van der Waals surface area contributed by atoms with E-state index in [0.717, 1.165) is 37.9 Å². The molecule has 0 amide bonds. The molecule has 1 aromatic rings. The van der Waals surface area contributed by atoms with Crippen molar-refractivity contribution < 1.29 is 5.11 Å². The smallest absolute Gasteiger partial charge is 0.0909 e. The molecule has 100 valence electrons. The summed E-state index contributed by atoms with van der Waals surface area (Å²) < 4.78 is 0. The maximum absolute atomic E-state index is 10.9. The molecule has 0 bridgehead atoms. The van der Waals surface area contributed by atoms with Crippen molar-refractivity contribution in [2.75, 3.05) is 13.1 Å². The minimum absolute atomic E-state index is 0.574. The van der Waals surface area contributed by atoms with Crippen LogP contribution in [0.25, 0.3) is 0 Å². The SMILES string of the molecule is Cc1cccc(C2(O)CCCN(C(C)C)CC2)c1. The molecule has 0 aliphatic carbocycles. The Morgan fingerprint density at radius 2 is 2.00 bits per heavy atom. The normalized spacial score (nSPS) is 26.3. The molecule has 1 aliphatic rings. The highest BCUT2D eigenvalue weighted by Gasteiger charge is 2.32. The van der Waals surface area contributed by atoms with Gasteiger partial charge in [0.2, 0.25) is 0 Å². The molecule has 0 aromatic heterocycles. The zero-order valence-corrected chi connectivity index (χ0v) is 11.8.